The molecule has 6 aromatic rings. The summed E-state index contributed by atoms with van der Waals surface area (Å²) in [5, 5.41) is 0.714. The van der Waals surface area contributed by atoms with Crippen molar-refractivity contribution in [2.24, 2.45) is 4.99 Å². The number of aromatic nitrogens is 1. The predicted octanol–water partition coefficient (Wildman–Crippen LogP) is 9.79. The van der Waals surface area contributed by atoms with Crippen LogP contribution in [0.2, 0.25) is 0 Å². The summed E-state index contributed by atoms with van der Waals surface area (Å²) in [4.78, 5) is 21.6. The third kappa shape index (κ3) is 6.23. The second-order valence-electron chi connectivity index (χ2n) is 11.3. The second-order valence-corrected chi connectivity index (χ2v) is 12.3. The van der Waals surface area contributed by atoms with Crippen molar-refractivity contribution in [3.05, 3.63) is 179 Å². The van der Waals surface area contributed by atoms with Gasteiger partial charge < -0.3 is 4.57 Å². The molecule has 1 fully saturated rings. The van der Waals surface area contributed by atoms with Crippen molar-refractivity contribution >= 4 is 28.9 Å². The molecule has 1 aliphatic rings. The highest BCUT2D eigenvalue weighted by atomic mass is 32.2. The summed E-state index contributed by atoms with van der Waals surface area (Å²) in [5.41, 5.74) is 9.69. The van der Waals surface area contributed by atoms with Crippen molar-refractivity contribution in [2.45, 2.75) is 20.0 Å². The van der Waals surface area contributed by atoms with Gasteiger partial charge >= 0.3 is 0 Å². The Morgan fingerprint density at radius 2 is 1.24 bits per heavy atom. The zero-order valence-corrected chi connectivity index (χ0v) is 26.4. The van der Waals surface area contributed by atoms with Crippen LogP contribution in [-0.2, 0) is 17.9 Å². The number of hydrogen-bond donors (Lipinski definition) is 0. The molecule has 0 bridgehead atoms. The molecule has 2 heterocycles. The first-order chi connectivity index (χ1) is 22.6. The Morgan fingerprint density at radius 1 is 0.674 bits per heavy atom. The third-order valence-electron chi connectivity index (χ3n) is 8.04. The molecule has 4 nitrogen and oxygen atoms in total. The third-order valence-corrected chi connectivity index (χ3v) is 9.08. The van der Waals surface area contributed by atoms with Gasteiger partial charge in [-0.3, -0.25) is 14.7 Å². The number of rotatable bonds is 8. The Morgan fingerprint density at radius 3 is 1.87 bits per heavy atom. The topological polar surface area (TPSA) is 37.6 Å². The van der Waals surface area contributed by atoms with E-state index in [1.165, 1.54) is 17.3 Å². The smallest absolute Gasteiger partial charge is 0.267 e. The summed E-state index contributed by atoms with van der Waals surface area (Å²) < 4.78 is 2.31. The number of nitrogens with zero attached hydrogens (tertiary/aromatic N) is 3. The standard InChI is InChI=1S/C41H33N3OS/c1-30-22-24-36(25-23-30)44-37(33-18-10-4-11-19-33)26-35(39(44)34-20-12-5-13-21-34)27-38-40(45)43(29-32-16-8-3-9-17-32)41(46-38)42-28-31-14-6-2-7-15-31/h2-27H,28-29H2,1H3/b38-27+,42-41?. The van der Waals surface area contributed by atoms with Crippen molar-refractivity contribution in [1.82, 2.24) is 9.47 Å². The lowest BCUT2D eigenvalue weighted by molar-refractivity contribution is -0.122. The minimum Gasteiger partial charge on any atom is -0.309 e. The summed E-state index contributed by atoms with van der Waals surface area (Å²) >= 11 is 1.45. The molecule has 0 N–H and O–H groups in total. The van der Waals surface area contributed by atoms with E-state index in [1.807, 2.05) is 53.4 Å². The number of aryl methyl sites for hydroxylation is 1. The zero-order valence-electron chi connectivity index (χ0n) is 25.6. The SMILES string of the molecule is Cc1ccc(-n2c(-c3ccccc3)cc(/C=C3/SC(=NCc4ccccc4)N(Cc4ccccc4)C3=O)c2-c2ccccc2)cc1. The van der Waals surface area contributed by atoms with Crippen LogP contribution in [0.1, 0.15) is 22.3 Å². The first kappa shape index (κ1) is 29.3. The fourth-order valence-electron chi connectivity index (χ4n) is 5.73. The highest BCUT2D eigenvalue weighted by Crippen LogP contribution is 2.40. The molecule has 5 aromatic carbocycles. The van der Waals surface area contributed by atoms with Crippen LogP contribution in [0.25, 0.3) is 34.3 Å². The van der Waals surface area contributed by atoms with Gasteiger partial charge in [0.2, 0.25) is 0 Å². The first-order valence-corrected chi connectivity index (χ1v) is 16.2. The molecule has 0 unspecified atom stereocenters. The van der Waals surface area contributed by atoms with Crippen molar-refractivity contribution < 1.29 is 4.79 Å². The van der Waals surface area contributed by atoms with Crippen LogP contribution in [0.5, 0.6) is 0 Å². The van der Waals surface area contributed by atoms with Gasteiger partial charge in [-0.2, -0.15) is 0 Å². The van der Waals surface area contributed by atoms with E-state index in [1.54, 1.807) is 0 Å². The number of carbonyl (C=O) groups excluding carboxylic acids is 1. The van der Waals surface area contributed by atoms with Crippen LogP contribution in [0.3, 0.4) is 0 Å². The van der Waals surface area contributed by atoms with Crippen LogP contribution in [0.15, 0.2) is 162 Å². The summed E-state index contributed by atoms with van der Waals surface area (Å²) in [6, 6.07) is 52.0. The van der Waals surface area contributed by atoms with Gasteiger partial charge in [-0.25, -0.2) is 0 Å². The molecule has 0 saturated carbocycles. The molecule has 1 aromatic heterocycles. The predicted molar refractivity (Wildman–Crippen MR) is 192 cm³/mol. The van der Waals surface area contributed by atoms with Crippen LogP contribution in [0.4, 0.5) is 0 Å². The van der Waals surface area contributed by atoms with E-state index >= 15 is 0 Å². The molecule has 0 atom stereocenters. The van der Waals surface area contributed by atoms with Crippen LogP contribution < -0.4 is 0 Å². The number of benzene rings is 5. The Kier molecular flexibility index (Phi) is 8.49. The number of aliphatic imine (C=N–C) groups is 1. The zero-order chi connectivity index (χ0) is 31.3. The minimum absolute atomic E-state index is 0.0379. The fraction of sp³-hybridized carbons (Fsp3) is 0.0732. The summed E-state index contributed by atoms with van der Waals surface area (Å²) in [6.45, 7) is 3.07. The molecule has 0 spiro atoms. The van der Waals surface area contributed by atoms with E-state index in [2.05, 4.69) is 121 Å². The first-order valence-electron chi connectivity index (χ1n) is 15.4. The summed E-state index contributed by atoms with van der Waals surface area (Å²) in [6.07, 6.45) is 2.05. The van der Waals surface area contributed by atoms with Crippen molar-refractivity contribution in [2.75, 3.05) is 0 Å². The largest absolute Gasteiger partial charge is 0.309 e. The Labute approximate surface area is 274 Å². The lowest BCUT2D eigenvalue weighted by atomic mass is 10.1. The van der Waals surface area contributed by atoms with Crippen molar-refractivity contribution in [3.8, 4) is 28.2 Å². The molecular formula is C41H33N3OS. The highest BCUT2D eigenvalue weighted by Gasteiger charge is 2.34. The van der Waals surface area contributed by atoms with E-state index in [9.17, 15) is 4.79 Å². The normalized spacial score (nSPS) is 14.8. The van der Waals surface area contributed by atoms with Gasteiger partial charge in [0.1, 0.15) is 0 Å². The van der Waals surface area contributed by atoms with Gasteiger partial charge in [-0.15, -0.1) is 0 Å². The molecular weight excluding hydrogens is 583 g/mol. The van der Waals surface area contributed by atoms with E-state index in [0.717, 1.165) is 44.9 Å². The Hall–Kier alpha value is -5.39. The van der Waals surface area contributed by atoms with Gasteiger partial charge in [-0.1, -0.05) is 139 Å². The maximum Gasteiger partial charge on any atom is 0.267 e. The highest BCUT2D eigenvalue weighted by molar-refractivity contribution is 8.18. The van der Waals surface area contributed by atoms with E-state index in [0.29, 0.717) is 23.2 Å². The Balaban J connectivity index is 1.38. The molecule has 0 radical (unpaired) electrons. The van der Waals surface area contributed by atoms with Crippen LogP contribution >= 0.6 is 11.8 Å². The lowest BCUT2D eigenvalue weighted by Gasteiger charge is -2.16. The Bertz CT molecular complexity index is 2010. The van der Waals surface area contributed by atoms with Gasteiger partial charge in [0.05, 0.1) is 29.4 Å². The maximum absolute atomic E-state index is 14.2. The monoisotopic (exact) mass is 615 g/mol. The second kappa shape index (κ2) is 13.3. The quantitative estimate of drug-likeness (QED) is 0.160. The average Bonchev–Trinajstić information content (AvgIpc) is 3.63. The van der Waals surface area contributed by atoms with Crippen LogP contribution in [-0.4, -0.2) is 20.5 Å². The summed E-state index contributed by atoms with van der Waals surface area (Å²) in [5.74, 6) is -0.0379. The average molecular weight is 616 g/mol. The fourth-order valence-corrected chi connectivity index (χ4v) is 6.70. The van der Waals surface area contributed by atoms with Gasteiger partial charge in [0.15, 0.2) is 5.17 Å². The number of amides is 1. The van der Waals surface area contributed by atoms with Gasteiger partial charge in [0, 0.05) is 11.3 Å². The van der Waals surface area contributed by atoms with Gasteiger partial charge in [0.25, 0.3) is 5.91 Å². The van der Waals surface area contributed by atoms with Gasteiger partial charge in [-0.05, 0) is 65.2 Å². The van der Waals surface area contributed by atoms with E-state index in [4.69, 9.17) is 4.99 Å². The molecule has 46 heavy (non-hydrogen) atoms. The number of amidine groups is 1. The number of carbonyl (C=O) groups is 1. The minimum atomic E-state index is -0.0379. The number of hydrogen-bond acceptors (Lipinski definition) is 3. The molecule has 5 heteroatoms. The van der Waals surface area contributed by atoms with E-state index < -0.39 is 0 Å². The van der Waals surface area contributed by atoms with Crippen molar-refractivity contribution in [3.63, 3.8) is 0 Å². The molecule has 0 aliphatic carbocycles. The number of thioether (sulfide) groups is 1. The molecule has 7 rings (SSSR count). The molecule has 1 aliphatic heterocycles. The maximum atomic E-state index is 14.2. The van der Waals surface area contributed by atoms with E-state index in [-0.39, 0.29) is 5.91 Å². The molecule has 1 amide bonds. The summed E-state index contributed by atoms with van der Waals surface area (Å²) in [7, 11) is 0. The molecule has 224 valence electrons. The lowest BCUT2D eigenvalue weighted by Crippen LogP contribution is -2.28. The molecule has 1 saturated heterocycles. The van der Waals surface area contributed by atoms with Crippen molar-refractivity contribution in [1.29, 1.82) is 0 Å². The van der Waals surface area contributed by atoms with Crippen LogP contribution in [0, 0.1) is 6.92 Å².